The van der Waals surface area contributed by atoms with Crippen molar-refractivity contribution in [3.8, 4) is 11.5 Å². The third-order valence-electron chi connectivity index (χ3n) is 5.20. The average Bonchev–Trinajstić information content (AvgIpc) is 2.81. The van der Waals surface area contributed by atoms with Gasteiger partial charge in [0.1, 0.15) is 23.4 Å². The number of methoxy groups -OCH3 is 1. The van der Waals surface area contributed by atoms with Gasteiger partial charge in [0.15, 0.2) is 0 Å². The predicted octanol–water partition coefficient (Wildman–Crippen LogP) is 4.57. The van der Waals surface area contributed by atoms with Crippen molar-refractivity contribution in [2.45, 2.75) is 52.6 Å². The Hall–Kier alpha value is -3.09. The monoisotopic (exact) mass is 458 g/mol. The molecule has 0 saturated heterocycles. The fourth-order valence-corrected chi connectivity index (χ4v) is 3.36. The Kier molecular flexibility index (Phi) is 10.7. The maximum absolute atomic E-state index is 13.3. The summed E-state index contributed by atoms with van der Waals surface area (Å²) in [7, 11) is 1.60. The van der Waals surface area contributed by atoms with Crippen molar-refractivity contribution < 1.29 is 23.5 Å². The number of hydrogen-bond donors (Lipinski definition) is 1. The molecular formula is C26H35FN2O4. The van der Waals surface area contributed by atoms with Gasteiger partial charge in [0.05, 0.1) is 13.7 Å². The SMILES string of the molecule is CC[C@@H](C(=O)NCC(C)C)N(Cc1ccc(F)cc1)C(=O)CCCOc1ccc(OC)cc1. The molecule has 1 atom stereocenters. The van der Waals surface area contributed by atoms with E-state index in [2.05, 4.69) is 5.32 Å². The number of ether oxygens (including phenoxy) is 2. The molecule has 2 aromatic carbocycles. The van der Waals surface area contributed by atoms with E-state index in [1.54, 1.807) is 24.1 Å². The lowest BCUT2D eigenvalue weighted by Crippen LogP contribution is -2.49. The van der Waals surface area contributed by atoms with E-state index in [0.717, 1.165) is 11.3 Å². The molecule has 0 aromatic heterocycles. The summed E-state index contributed by atoms with van der Waals surface area (Å²) in [4.78, 5) is 27.6. The van der Waals surface area contributed by atoms with Gasteiger partial charge in [-0.3, -0.25) is 9.59 Å². The number of carbonyl (C=O) groups excluding carboxylic acids is 2. The van der Waals surface area contributed by atoms with Crippen molar-refractivity contribution in [3.05, 3.63) is 59.9 Å². The van der Waals surface area contributed by atoms with E-state index in [4.69, 9.17) is 9.47 Å². The predicted molar refractivity (Wildman–Crippen MR) is 127 cm³/mol. The van der Waals surface area contributed by atoms with Crippen LogP contribution in [0.2, 0.25) is 0 Å². The van der Waals surface area contributed by atoms with Crippen LogP contribution in [-0.2, 0) is 16.1 Å². The standard InChI is InChI=1S/C26H35FN2O4/c1-5-24(26(31)28-17-19(2)3)29(18-20-8-10-21(27)11-9-20)25(30)7-6-16-33-23-14-12-22(32-4)13-15-23/h8-15,19,24H,5-7,16-18H2,1-4H3,(H,28,31)/t24-/m0/s1. The van der Waals surface area contributed by atoms with Gasteiger partial charge in [-0.15, -0.1) is 0 Å². The Morgan fingerprint density at radius 1 is 1.03 bits per heavy atom. The molecular weight excluding hydrogens is 423 g/mol. The number of nitrogens with zero attached hydrogens (tertiary/aromatic N) is 1. The highest BCUT2D eigenvalue weighted by molar-refractivity contribution is 5.87. The molecule has 2 aromatic rings. The molecule has 6 nitrogen and oxygen atoms in total. The molecule has 0 bridgehead atoms. The summed E-state index contributed by atoms with van der Waals surface area (Å²) in [6.07, 6.45) is 1.24. The van der Waals surface area contributed by atoms with Crippen molar-refractivity contribution >= 4 is 11.8 Å². The minimum Gasteiger partial charge on any atom is -0.497 e. The van der Waals surface area contributed by atoms with Crippen LogP contribution in [0, 0.1) is 11.7 Å². The topological polar surface area (TPSA) is 67.9 Å². The third kappa shape index (κ3) is 8.75. The van der Waals surface area contributed by atoms with Gasteiger partial charge in [0, 0.05) is 19.5 Å². The minimum absolute atomic E-state index is 0.135. The quantitative estimate of drug-likeness (QED) is 0.447. The number of hydrogen-bond acceptors (Lipinski definition) is 4. The highest BCUT2D eigenvalue weighted by Gasteiger charge is 2.28. The molecule has 0 radical (unpaired) electrons. The number of halogens is 1. The molecule has 33 heavy (non-hydrogen) atoms. The highest BCUT2D eigenvalue weighted by Crippen LogP contribution is 2.18. The fraction of sp³-hybridized carbons (Fsp3) is 0.462. The summed E-state index contributed by atoms with van der Waals surface area (Å²) in [5, 5.41) is 2.93. The molecule has 0 saturated carbocycles. The molecule has 1 N–H and O–H groups in total. The lowest BCUT2D eigenvalue weighted by atomic mass is 10.1. The average molecular weight is 459 g/mol. The van der Waals surface area contributed by atoms with Gasteiger partial charge >= 0.3 is 0 Å². The number of carbonyl (C=O) groups is 2. The van der Waals surface area contributed by atoms with Gasteiger partial charge in [-0.25, -0.2) is 4.39 Å². The zero-order chi connectivity index (χ0) is 24.2. The van der Waals surface area contributed by atoms with Gasteiger partial charge in [-0.1, -0.05) is 32.9 Å². The Balaban J connectivity index is 2.02. The second kappa shape index (κ2) is 13.5. The number of amides is 2. The van der Waals surface area contributed by atoms with Crippen LogP contribution in [0.1, 0.15) is 45.6 Å². The van der Waals surface area contributed by atoms with Crippen LogP contribution in [0.5, 0.6) is 11.5 Å². The molecule has 0 spiro atoms. The van der Waals surface area contributed by atoms with Gasteiger partial charge in [0.25, 0.3) is 0 Å². The van der Waals surface area contributed by atoms with E-state index in [1.807, 2.05) is 45.0 Å². The first-order chi connectivity index (χ1) is 15.8. The van der Waals surface area contributed by atoms with E-state index < -0.39 is 6.04 Å². The van der Waals surface area contributed by atoms with Crippen LogP contribution in [-0.4, -0.2) is 43.0 Å². The Bertz CT molecular complexity index is 869. The minimum atomic E-state index is -0.594. The zero-order valence-electron chi connectivity index (χ0n) is 20.0. The second-order valence-electron chi connectivity index (χ2n) is 8.34. The zero-order valence-corrected chi connectivity index (χ0v) is 20.0. The molecule has 2 amide bonds. The Labute approximate surface area is 196 Å². The van der Waals surface area contributed by atoms with Crippen LogP contribution in [0.4, 0.5) is 4.39 Å². The van der Waals surface area contributed by atoms with Gasteiger partial charge in [0.2, 0.25) is 11.8 Å². The highest BCUT2D eigenvalue weighted by atomic mass is 19.1. The molecule has 0 heterocycles. The van der Waals surface area contributed by atoms with Crippen molar-refractivity contribution in [3.63, 3.8) is 0 Å². The fourth-order valence-electron chi connectivity index (χ4n) is 3.36. The summed E-state index contributed by atoms with van der Waals surface area (Å²) in [5.41, 5.74) is 0.773. The smallest absolute Gasteiger partial charge is 0.242 e. The van der Waals surface area contributed by atoms with Gasteiger partial charge < -0.3 is 19.7 Å². The van der Waals surface area contributed by atoms with Crippen LogP contribution in [0.15, 0.2) is 48.5 Å². The summed E-state index contributed by atoms with van der Waals surface area (Å²) < 4.78 is 24.2. The lowest BCUT2D eigenvalue weighted by molar-refractivity contribution is -0.141. The van der Waals surface area contributed by atoms with Crippen molar-refractivity contribution in [2.24, 2.45) is 5.92 Å². The molecule has 7 heteroatoms. The maximum Gasteiger partial charge on any atom is 0.242 e. The number of nitrogens with one attached hydrogen (secondary N) is 1. The summed E-state index contributed by atoms with van der Waals surface area (Å²) in [6.45, 7) is 7.09. The van der Waals surface area contributed by atoms with Crippen molar-refractivity contribution in [1.29, 1.82) is 0 Å². The molecule has 0 aliphatic rings. The maximum atomic E-state index is 13.3. The van der Waals surface area contributed by atoms with E-state index >= 15 is 0 Å². The molecule has 0 unspecified atom stereocenters. The van der Waals surface area contributed by atoms with Crippen molar-refractivity contribution in [2.75, 3.05) is 20.3 Å². The molecule has 2 rings (SSSR count). The van der Waals surface area contributed by atoms with Crippen molar-refractivity contribution in [1.82, 2.24) is 10.2 Å². The first kappa shape index (κ1) is 26.2. The molecule has 180 valence electrons. The lowest BCUT2D eigenvalue weighted by Gasteiger charge is -2.31. The Morgan fingerprint density at radius 2 is 1.67 bits per heavy atom. The van der Waals surface area contributed by atoms with Crippen LogP contribution in [0.3, 0.4) is 0 Å². The Morgan fingerprint density at radius 3 is 2.24 bits per heavy atom. The van der Waals surface area contributed by atoms with E-state index in [9.17, 15) is 14.0 Å². The van der Waals surface area contributed by atoms with E-state index in [1.165, 1.54) is 12.1 Å². The van der Waals surface area contributed by atoms with Crippen LogP contribution in [0.25, 0.3) is 0 Å². The summed E-state index contributed by atoms with van der Waals surface area (Å²) in [5.74, 6) is 1.11. The van der Waals surface area contributed by atoms with E-state index in [0.29, 0.717) is 37.7 Å². The largest absolute Gasteiger partial charge is 0.497 e. The van der Waals surface area contributed by atoms with Crippen LogP contribution < -0.4 is 14.8 Å². The molecule has 0 aliphatic carbocycles. The molecule has 0 aliphatic heterocycles. The first-order valence-electron chi connectivity index (χ1n) is 11.4. The third-order valence-corrected chi connectivity index (χ3v) is 5.20. The summed E-state index contributed by atoms with van der Waals surface area (Å²) in [6, 6.07) is 12.7. The molecule has 0 fully saturated rings. The van der Waals surface area contributed by atoms with Gasteiger partial charge in [-0.2, -0.15) is 0 Å². The number of benzene rings is 2. The van der Waals surface area contributed by atoms with E-state index in [-0.39, 0.29) is 30.6 Å². The van der Waals surface area contributed by atoms with Gasteiger partial charge in [-0.05, 0) is 60.7 Å². The summed E-state index contributed by atoms with van der Waals surface area (Å²) >= 11 is 0. The number of rotatable bonds is 13. The second-order valence-corrected chi connectivity index (χ2v) is 8.34. The first-order valence-corrected chi connectivity index (χ1v) is 11.4. The van der Waals surface area contributed by atoms with Crippen LogP contribution >= 0.6 is 0 Å². The normalized spacial score (nSPS) is 11.7.